The summed E-state index contributed by atoms with van der Waals surface area (Å²) in [6.45, 7) is 0.382. The van der Waals surface area contributed by atoms with Crippen LogP contribution in [0.5, 0.6) is 0 Å². The number of carbonyl (C=O) groups excluding carboxylic acids is 1. The van der Waals surface area contributed by atoms with Crippen molar-refractivity contribution in [2.24, 2.45) is 5.92 Å². The fourth-order valence-corrected chi connectivity index (χ4v) is 2.33. The molecule has 16 heavy (non-hydrogen) atoms. The van der Waals surface area contributed by atoms with E-state index in [1.54, 1.807) is 0 Å². The summed E-state index contributed by atoms with van der Waals surface area (Å²) in [5.74, 6) is 0.630. The predicted octanol–water partition coefficient (Wildman–Crippen LogP) is 1.48. The van der Waals surface area contributed by atoms with E-state index >= 15 is 0 Å². The number of fused-ring (bicyclic) bond motifs is 1. The van der Waals surface area contributed by atoms with Crippen molar-refractivity contribution in [2.45, 2.75) is 31.5 Å². The van der Waals surface area contributed by atoms with Gasteiger partial charge in [0.15, 0.2) is 0 Å². The zero-order valence-electron chi connectivity index (χ0n) is 9.06. The second-order valence-electron chi connectivity index (χ2n) is 4.65. The highest BCUT2D eigenvalue weighted by Gasteiger charge is 2.48. The summed E-state index contributed by atoms with van der Waals surface area (Å²) in [7, 11) is 0. The number of benzene rings is 1. The first-order valence-electron chi connectivity index (χ1n) is 5.79. The Morgan fingerprint density at radius 1 is 1.31 bits per heavy atom. The maximum Gasteiger partial charge on any atom is 0.323 e. The minimum atomic E-state index is -0.101. The molecule has 84 valence electrons. The molecule has 0 bridgehead atoms. The summed E-state index contributed by atoms with van der Waals surface area (Å²) >= 11 is 0. The number of nitrogens with one attached hydrogen (secondary N) is 1. The van der Waals surface area contributed by atoms with Gasteiger partial charge in [-0.15, -0.1) is 0 Å². The molecule has 0 spiro atoms. The molecule has 1 saturated carbocycles. The number of ether oxygens (including phenoxy) is 1. The molecular formula is C13H15NO2. The molecule has 1 aromatic rings. The lowest BCUT2D eigenvalue weighted by Gasteiger charge is -2.12. The van der Waals surface area contributed by atoms with Crippen LogP contribution in [0.3, 0.4) is 0 Å². The molecule has 2 aliphatic rings. The zero-order chi connectivity index (χ0) is 11.0. The van der Waals surface area contributed by atoms with E-state index in [1.165, 1.54) is 6.42 Å². The Labute approximate surface area is 94.8 Å². The highest BCUT2D eigenvalue weighted by atomic mass is 16.5. The SMILES string of the molecule is O=C(OCc1ccccc1)[C@@H]1C[C@@H]2C[C@@H]2N1. The van der Waals surface area contributed by atoms with E-state index in [0.717, 1.165) is 17.9 Å². The molecule has 3 atom stereocenters. The number of rotatable bonds is 3. The van der Waals surface area contributed by atoms with E-state index in [1.807, 2.05) is 30.3 Å². The van der Waals surface area contributed by atoms with Gasteiger partial charge in [-0.2, -0.15) is 0 Å². The maximum atomic E-state index is 11.7. The molecule has 1 aliphatic heterocycles. The molecule has 3 rings (SSSR count). The lowest BCUT2D eigenvalue weighted by atomic mass is 10.2. The maximum absolute atomic E-state index is 11.7. The van der Waals surface area contributed by atoms with Gasteiger partial charge in [-0.3, -0.25) is 4.79 Å². The van der Waals surface area contributed by atoms with Crippen molar-refractivity contribution < 1.29 is 9.53 Å². The van der Waals surface area contributed by atoms with E-state index < -0.39 is 0 Å². The van der Waals surface area contributed by atoms with Crippen molar-refractivity contribution in [1.29, 1.82) is 0 Å². The molecule has 1 aliphatic carbocycles. The van der Waals surface area contributed by atoms with Crippen LogP contribution in [0.4, 0.5) is 0 Å². The average molecular weight is 217 g/mol. The number of hydrogen-bond donors (Lipinski definition) is 1. The number of piperidine rings is 1. The molecule has 0 radical (unpaired) electrons. The van der Waals surface area contributed by atoms with E-state index in [4.69, 9.17) is 4.74 Å². The first kappa shape index (κ1) is 9.85. The van der Waals surface area contributed by atoms with Crippen LogP contribution in [0.2, 0.25) is 0 Å². The molecule has 1 heterocycles. The van der Waals surface area contributed by atoms with Crippen molar-refractivity contribution in [3.8, 4) is 0 Å². The monoisotopic (exact) mass is 217 g/mol. The summed E-state index contributed by atoms with van der Waals surface area (Å²) in [5, 5.41) is 3.29. The quantitative estimate of drug-likeness (QED) is 0.779. The van der Waals surface area contributed by atoms with Crippen molar-refractivity contribution in [1.82, 2.24) is 5.32 Å². The van der Waals surface area contributed by atoms with Crippen molar-refractivity contribution in [2.75, 3.05) is 0 Å². The highest BCUT2D eigenvalue weighted by Crippen LogP contribution is 2.40. The Morgan fingerprint density at radius 3 is 2.81 bits per heavy atom. The minimum absolute atomic E-state index is 0.0625. The summed E-state index contributed by atoms with van der Waals surface area (Å²) in [6, 6.07) is 10.3. The molecule has 0 amide bonds. The Kier molecular flexibility index (Phi) is 2.40. The van der Waals surface area contributed by atoms with Gasteiger partial charge in [-0.1, -0.05) is 30.3 Å². The molecule has 0 unspecified atom stereocenters. The van der Waals surface area contributed by atoms with Crippen molar-refractivity contribution >= 4 is 5.97 Å². The summed E-state index contributed by atoms with van der Waals surface area (Å²) in [5.41, 5.74) is 1.04. The van der Waals surface area contributed by atoms with Crippen LogP contribution in [-0.2, 0) is 16.1 Å². The fraction of sp³-hybridized carbons (Fsp3) is 0.462. The van der Waals surface area contributed by atoms with Gasteiger partial charge in [0.25, 0.3) is 0 Å². The summed E-state index contributed by atoms with van der Waals surface area (Å²) < 4.78 is 5.28. The van der Waals surface area contributed by atoms with Crippen LogP contribution in [0.15, 0.2) is 30.3 Å². The van der Waals surface area contributed by atoms with E-state index in [-0.39, 0.29) is 12.0 Å². The van der Waals surface area contributed by atoms with E-state index in [9.17, 15) is 4.79 Å². The fourth-order valence-electron chi connectivity index (χ4n) is 2.33. The molecule has 3 heteroatoms. The average Bonchev–Trinajstić information content (AvgIpc) is 2.94. The molecule has 1 N–H and O–H groups in total. The number of carbonyl (C=O) groups is 1. The lowest BCUT2D eigenvalue weighted by Crippen LogP contribution is -2.35. The Bertz CT molecular complexity index is 380. The van der Waals surface area contributed by atoms with Gasteiger partial charge in [-0.25, -0.2) is 0 Å². The third kappa shape index (κ3) is 1.95. The predicted molar refractivity (Wildman–Crippen MR) is 59.7 cm³/mol. The first-order chi connectivity index (χ1) is 7.83. The molecule has 1 aromatic carbocycles. The van der Waals surface area contributed by atoms with Gasteiger partial charge >= 0.3 is 5.97 Å². The number of hydrogen-bond acceptors (Lipinski definition) is 3. The van der Waals surface area contributed by atoms with Crippen LogP contribution in [-0.4, -0.2) is 18.1 Å². The Hall–Kier alpha value is -1.35. The lowest BCUT2D eigenvalue weighted by molar-refractivity contribution is -0.147. The van der Waals surface area contributed by atoms with Crippen molar-refractivity contribution in [3.63, 3.8) is 0 Å². The number of esters is 1. The summed E-state index contributed by atoms with van der Waals surface area (Å²) in [4.78, 5) is 11.7. The molecule has 1 saturated heterocycles. The van der Waals surface area contributed by atoms with Crippen LogP contribution in [0, 0.1) is 5.92 Å². The minimum Gasteiger partial charge on any atom is -0.460 e. The zero-order valence-corrected chi connectivity index (χ0v) is 9.06. The second-order valence-corrected chi connectivity index (χ2v) is 4.65. The Balaban J connectivity index is 1.50. The first-order valence-corrected chi connectivity index (χ1v) is 5.79. The standard InChI is InChI=1S/C13H15NO2/c15-13(12-7-10-6-11(10)14-12)16-8-9-4-2-1-3-5-9/h1-5,10-12,14H,6-8H2/t10-,11-,12-/m0/s1. The van der Waals surface area contributed by atoms with Gasteiger partial charge in [0.1, 0.15) is 12.6 Å². The molecule has 2 fully saturated rings. The van der Waals surface area contributed by atoms with Gasteiger partial charge in [0.2, 0.25) is 0 Å². The highest BCUT2D eigenvalue weighted by molar-refractivity contribution is 5.76. The summed E-state index contributed by atoms with van der Waals surface area (Å²) in [6.07, 6.45) is 2.20. The third-order valence-corrected chi connectivity index (χ3v) is 3.38. The van der Waals surface area contributed by atoms with Gasteiger partial charge < -0.3 is 10.1 Å². The van der Waals surface area contributed by atoms with Gasteiger partial charge in [-0.05, 0) is 24.3 Å². The van der Waals surface area contributed by atoms with Crippen LogP contribution in [0.25, 0.3) is 0 Å². The molecular weight excluding hydrogens is 202 g/mol. The van der Waals surface area contributed by atoms with Crippen LogP contribution in [0.1, 0.15) is 18.4 Å². The van der Waals surface area contributed by atoms with Crippen molar-refractivity contribution in [3.05, 3.63) is 35.9 Å². The third-order valence-electron chi connectivity index (χ3n) is 3.38. The van der Waals surface area contributed by atoms with Gasteiger partial charge in [0.05, 0.1) is 0 Å². The van der Waals surface area contributed by atoms with E-state index in [0.29, 0.717) is 12.6 Å². The van der Waals surface area contributed by atoms with E-state index in [2.05, 4.69) is 5.32 Å². The molecule has 0 aromatic heterocycles. The van der Waals surface area contributed by atoms with Gasteiger partial charge in [0, 0.05) is 6.04 Å². The normalized spacial score (nSPS) is 30.9. The Morgan fingerprint density at radius 2 is 2.12 bits per heavy atom. The van der Waals surface area contributed by atoms with Crippen LogP contribution >= 0.6 is 0 Å². The second kappa shape index (κ2) is 3.91. The topological polar surface area (TPSA) is 38.3 Å². The van der Waals surface area contributed by atoms with Crippen LogP contribution < -0.4 is 5.32 Å². The smallest absolute Gasteiger partial charge is 0.323 e. The molecule has 3 nitrogen and oxygen atoms in total. The largest absolute Gasteiger partial charge is 0.460 e.